The number of nitriles is 1. The lowest BCUT2D eigenvalue weighted by Crippen LogP contribution is -2.48. The number of rotatable bonds is 2. The topological polar surface area (TPSA) is 126 Å². The first-order chi connectivity index (χ1) is 11.8. The van der Waals surface area contributed by atoms with Crippen molar-refractivity contribution in [2.45, 2.75) is 56.5 Å². The third kappa shape index (κ3) is 2.22. The second-order valence-electron chi connectivity index (χ2n) is 7.25. The Morgan fingerprint density at radius 3 is 2.80 bits per heavy atom. The molecule has 0 aromatic carbocycles. The van der Waals surface area contributed by atoms with Gasteiger partial charge in [0.15, 0.2) is 11.6 Å². The van der Waals surface area contributed by atoms with Crippen LogP contribution >= 0.6 is 0 Å². The van der Waals surface area contributed by atoms with Crippen LogP contribution in [0.3, 0.4) is 0 Å². The lowest BCUT2D eigenvalue weighted by molar-refractivity contribution is -0.210. The summed E-state index contributed by atoms with van der Waals surface area (Å²) in [5.41, 5.74) is 5.21. The second-order valence-corrected chi connectivity index (χ2v) is 7.25. The normalized spacial score (nSPS) is 44.1. The van der Waals surface area contributed by atoms with Crippen molar-refractivity contribution in [3.05, 3.63) is 11.8 Å². The number of nitrogens with zero attached hydrogens (tertiary/aromatic N) is 4. The van der Waals surface area contributed by atoms with Crippen molar-refractivity contribution in [1.82, 2.24) is 5.01 Å². The van der Waals surface area contributed by atoms with Crippen LogP contribution in [0.25, 0.3) is 0 Å². The Labute approximate surface area is 145 Å². The van der Waals surface area contributed by atoms with Crippen LogP contribution in [0.5, 0.6) is 0 Å². The molecule has 134 valence electrons. The zero-order valence-corrected chi connectivity index (χ0v) is 14.3. The fourth-order valence-corrected chi connectivity index (χ4v) is 4.08. The van der Waals surface area contributed by atoms with Crippen LogP contribution in [0.4, 0.5) is 0 Å². The lowest BCUT2D eigenvalue weighted by Gasteiger charge is -2.35. The minimum atomic E-state index is -1.47. The van der Waals surface area contributed by atoms with E-state index in [0.717, 1.165) is 5.70 Å². The number of amidine groups is 1. The van der Waals surface area contributed by atoms with E-state index in [4.69, 9.17) is 19.9 Å². The molecule has 0 radical (unpaired) electrons. The Kier molecular flexibility index (Phi) is 3.46. The van der Waals surface area contributed by atoms with Gasteiger partial charge in [-0.2, -0.15) is 10.4 Å². The van der Waals surface area contributed by atoms with E-state index in [1.165, 1.54) is 6.34 Å². The van der Waals surface area contributed by atoms with Crippen LogP contribution < -0.4 is 5.73 Å². The Morgan fingerprint density at radius 1 is 1.36 bits per heavy atom. The molecule has 0 aromatic heterocycles. The smallest absolute Gasteiger partial charge is 0.206 e. The second kappa shape index (κ2) is 5.25. The molecule has 4 heterocycles. The molecule has 4 aliphatic rings. The SMILES string of the molecule is CC1C=C2C(N)=NC=NN2C1[C@@H]1O[C@](C#N)(CO)[C@H]2OC(C)(C)O[C@@H]12. The maximum absolute atomic E-state index is 9.86. The molecule has 25 heavy (non-hydrogen) atoms. The van der Waals surface area contributed by atoms with Crippen LogP contribution in [0.2, 0.25) is 0 Å². The van der Waals surface area contributed by atoms with E-state index >= 15 is 0 Å². The number of hydrogen-bond donors (Lipinski definition) is 2. The van der Waals surface area contributed by atoms with Gasteiger partial charge in [-0.3, -0.25) is 5.01 Å². The zero-order chi connectivity index (χ0) is 18.0. The predicted octanol–water partition coefficient (Wildman–Crippen LogP) is -0.322. The van der Waals surface area contributed by atoms with Crippen molar-refractivity contribution in [3.63, 3.8) is 0 Å². The van der Waals surface area contributed by atoms with Crippen molar-refractivity contribution in [2.75, 3.05) is 6.61 Å². The van der Waals surface area contributed by atoms with E-state index in [0.29, 0.717) is 5.84 Å². The van der Waals surface area contributed by atoms with Gasteiger partial charge in [0.1, 0.15) is 30.7 Å². The van der Waals surface area contributed by atoms with Gasteiger partial charge in [-0.1, -0.05) is 13.0 Å². The van der Waals surface area contributed by atoms with Crippen LogP contribution in [-0.2, 0) is 14.2 Å². The maximum Gasteiger partial charge on any atom is 0.206 e. The van der Waals surface area contributed by atoms with Gasteiger partial charge in [-0.15, -0.1) is 0 Å². The number of ether oxygens (including phenoxy) is 3. The van der Waals surface area contributed by atoms with Gasteiger partial charge < -0.3 is 25.1 Å². The fourth-order valence-electron chi connectivity index (χ4n) is 4.08. The van der Waals surface area contributed by atoms with Crippen LogP contribution in [0.1, 0.15) is 20.8 Å². The minimum Gasteiger partial charge on any atom is -0.392 e. The van der Waals surface area contributed by atoms with Crippen LogP contribution in [-0.4, -0.2) is 64.6 Å². The van der Waals surface area contributed by atoms with Gasteiger partial charge in [-0.05, 0) is 13.8 Å². The fraction of sp³-hybridized carbons (Fsp3) is 0.688. The molecule has 0 spiro atoms. The molecule has 6 atom stereocenters. The lowest BCUT2D eigenvalue weighted by atomic mass is 9.91. The Bertz CT molecular complexity index is 727. The van der Waals surface area contributed by atoms with Crippen LogP contribution in [0, 0.1) is 17.2 Å². The zero-order valence-electron chi connectivity index (χ0n) is 14.3. The van der Waals surface area contributed by atoms with Gasteiger partial charge in [0.25, 0.3) is 0 Å². The predicted molar refractivity (Wildman–Crippen MR) is 87.1 cm³/mol. The first kappa shape index (κ1) is 16.5. The monoisotopic (exact) mass is 347 g/mol. The summed E-state index contributed by atoms with van der Waals surface area (Å²) in [5.74, 6) is -0.444. The van der Waals surface area contributed by atoms with Crippen LogP contribution in [0.15, 0.2) is 21.9 Å². The Morgan fingerprint density at radius 2 is 2.12 bits per heavy atom. The molecular weight excluding hydrogens is 326 g/mol. The van der Waals surface area contributed by atoms with Crippen molar-refractivity contribution in [1.29, 1.82) is 5.26 Å². The maximum atomic E-state index is 9.86. The highest BCUT2D eigenvalue weighted by atomic mass is 16.8. The number of aliphatic imine (C=N–C) groups is 1. The van der Waals surface area contributed by atoms with Crippen molar-refractivity contribution >= 4 is 12.2 Å². The summed E-state index contributed by atoms with van der Waals surface area (Å²) in [6, 6.07) is 1.84. The third-order valence-corrected chi connectivity index (χ3v) is 5.14. The molecule has 9 nitrogen and oxygen atoms in total. The largest absolute Gasteiger partial charge is 0.392 e. The molecule has 0 bridgehead atoms. The standard InChI is InChI=1S/C16H21N5O4/c1-8-4-9-14(18)19-7-20-21(9)10(8)11-12-13(25-15(2,3)23-12)16(5-17,6-22)24-11/h4,7-8,10-13,22H,6H2,1-3H3,(H2,18,19,20)/t8?,10?,11-,12-,13-,16+/m0/s1. The average molecular weight is 347 g/mol. The average Bonchev–Trinajstić information content (AvgIpc) is 3.15. The van der Waals surface area contributed by atoms with Gasteiger partial charge in [0, 0.05) is 5.92 Å². The first-order valence-corrected chi connectivity index (χ1v) is 8.24. The Balaban J connectivity index is 1.71. The van der Waals surface area contributed by atoms with Gasteiger partial charge in [-0.25, -0.2) is 4.99 Å². The summed E-state index contributed by atoms with van der Waals surface area (Å²) >= 11 is 0. The molecule has 2 unspecified atom stereocenters. The number of fused-ring (bicyclic) bond motifs is 2. The van der Waals surface area contributed by atoms with Crippen molar-refractivity contribution in [3.8, 4) is 6.07 Å². The molecule has 2 saturated heterocycles. The van der Waals surface area contributed by atoms with Crippen molar-refractivity contribution in [2.24, 2.45) is 21.7 Å². The molecule has 0 aliphatic carbocycles. The summed E-state index contributed by atoms with van der Waals surface area (Å²) in [5, 5.41) is 25.6. The van der Waals surface area contributed by atoms with E-state index in [-0.39, 0.29) is 12.0 Å². The molecular formula is C16H21N5O4. The minimum absolute atomic E-state index is 0.0325. The highest BCUT2D eigenvalue weighted by molar-refractivity contribution is 6.02. The molecule has 3 N–H and O–H groups in total. The highest BCUT2D eigenvalue weighted by Gasteiger charge is 2.66. The molecule has 2 fully saturated rings. The van der Waals surface area contributed by atoms with E-state index in [2.05, 4.69) is 16.2 Å². The summed E-state index contributed by atoms with van der Waals surface area (Å²) in [6.45, 7) is 5.11. The highest BCUT2D eigenvalue weighted by Crippen LogP contribution is 2.48. The van der Waals surface area contributed by atoms with E-state index in [1.54, 1.807) is 18.9 Å². The number of nitrogens with two attached hydrogens (primary N) is 1. The number of aliphatic hydroxyl groups is 1. The van der Waals surface area contributed by atoms with Crippen molar-refractivity contribution < 1.29 is 19.3 Å². The Hall–Kier alpha value is -1.99. The van der Waals surface area contributed by atoms with E-state index in [1.807, 2.05) is 13.0 Å². The quantitative estimate of drug-likeness (QED) is 0.701. The first-order valence-electron chi connectivity index (χ1n) is 8.24. The summed E-state index contributed by atoms with van der Waals surface area (Å²) in [7, 11) is 0. The van der Waals surface area contributed by atoms with Gasteiger partial charge in [0.2, 0.25) is 5.60 Å². The molecule has 0 amide bonds. The number of hydrogen-bond acceptors (Lipinski definition) is 9. The molecule has 4 rings (SSSR count). The van der Waals surface area contributed by atoms with Gasteiger partial charge >= 0.3 is 0 Å². The molecule has 9 heteroatoms. The summed E-state index contributed by atoms with van der Waals surface area (Å²) < 4.78 is 18.0. The van der Waals surface area contributed by atoms with Gasteiger partial charge in [0.05, 0.1) is 18.3 Å². The number of hydrazone groups is 1. The molecule has 4 aliphatic heterocycles. The molecule has 0 saturated carbocycles. The summed E-state index contributed by atoms with van der Waals surface area (Å²) in [4.78, 5) is 4.02. The third-order valence-electron chi connectivity index (χ3n) is 5.14. The van der Waals surface area contributed by atoms with E-state index in [9.17, 15) is 10.4 Å². The summed E-state index contributed by atoms with van der Waals surface area (Å²) in [6.07, 6.45) is 1.66. The van der Waals surface area contributed by atoms with E-state index < -0.39 is 36.3 Å². The molecule has 0 aromatic rings. The number of aliphatic hydroxyl groups excluding tert-OH is 1.